The van der Waals surface area contributed by atoms with Crippen LogP contribution >= 0.6 is 0 Å². The lowest BCUT2D eigenvalue weighted by Gasteiger charge is -2.12. The molecule has 0 aliphatic carbocycles. The van der Waals surface area contributed by atoms with Crippen LogP contribution in [0.15, 0.2) is 30.3 Å². The molecular weight excluding hydrogens is 152 g/mol. The number of rotatable bonds is 3. The van der Waals surface area contributed by atoms with Crippen LogP contribution < -0.4 is 0 Å². The SMILES string of the molecule is CC(Cc1ccccc1)C(O)O. The van der Waals surface area contributed by atoms with Crippen molar-refractivity contribution in [3.05, 3.63) is 35.9 Å². The second-order valence-corrected chi connectivity index (χ2v) is 3.08. The van der Waals surface area contributed by atoms with Crippen LogP contribution in [0.1, 0.15) is 12.5 Å². The Hall–Kier alpha value is -0.860. The summed E-state index contributed by atoms with van der Waals surface area (Å²) in [5, 5.41) is 17.7. The van der Waals surface area contributed by atoms with Crippen molar-refractivity contribution in [1.82, 2.24) is 0 Å². The molecule has 0 fully saturated rings. The van der Waals surface area contributed by atoms with Crippen LogP contribution in [0.5, 0.6) is 0 Å². The van der Waals surface area contributed by atoms with Gasteiger partial charge >= 0.3 is 0 Å². The minimum absolute atomic E-state index is 0.104. The highest BCUT2D eigenvalue weighted by molar-refractivity contribution is 5.15. The first kappa shape index (κ1) is 9.23. The Morgan fingerprint density at radius 2 is 1.75 bits per heavy atom. The predicted molar refractivity (Wildman–Crippen MR) is 47.5 cm³/mol. The normalized spacial score (nSPS) is 13.3. The van der Waals surface area contributed by atoms with Crippen molar-refractivity contribution >= 4 is 0 Å². The zero-order valence-corrected chi connectivity index (χ0v) is 7.14. The van der Waals surface area contributed by atoms with E-state index in [0.717, 1.165) is 5.56 Å². The number of benzene rings is 1. The van der Waals surface area contributed by atoms with Crippen LogP contribution in [0.25, 0.3) is 0 Å². The molecule has 12 heavy (non-hydrogen) atoms. The molecule has 0 spiro atoms. The summed E-state index contributed by atoms with van der Waals surface area (Å²) in [5.74, 6) is -0.104. The zero-order chi connectivity index (χ0) is 8.97. The summed E-state index contributed by atoms with van der Waals surface area (Å²) < 4.78 is 0. The van der Waals surface area contributed by atoms with E-state index in [1.807, 2.05) is 37.3 Å². The Morgan fingerprint density at radius 3 is 2.25 bits per heavy atom. The minimum Gasteiger partial charge on any atom is -0.368 e. The van der Waals surface area contributed by atoms with Crippen molar-refractivity contribution in [3.63, 3.8) is 0 Å². The average Bonchev–Trinajstić information content (AvgIpc) is 2.06. The molecule has 0 aromatic heterocycles. The fraction of sp³-hybridized carbons (Fsp3) is 0.400. The van der Waals surface area contributed by atoms with Crippen LogP contribution in [0.4, 0.5) is 0 Å². The smallest absolute Gasteiger partial charge is 0.154 e. The monoisotopic (exact) mass is 166 g/mol. The summed E-state index contributed by atoms with van der Waals surface area (Å²) in [5.41, 5.74) is 1.14. The highest BCUT2D eigenvalue weighted by atomic mass is 16.5. The average molecular weight is 166 g/mol. The van der Waals surface area contributed by atoms with Crippen LogP contribution in [0.2, 0.25) is 0 Å². The molecule has 0 bridgehead atoms. The van der Waals surface area contributed by atoms with Crippen LogP contribution in [0.3, 0.4) is 0 Å². The van der Waals surface area contributed by atoms with Gasteiger partial charge in [0.2, 0.25) is 0 Å². The molecule has 0 aliphatic heterocycles. The molecule has 0 saturated heterocycles. The molecule has 0 saturated carbocycles. The maximum absolute atomic E-state index is 8.84. The van der Waals surface area contributed by atoms with E-state index in [0.29, 0.717) is 6.42 Å². The molecule has 2 heteroatoms. The fourth-order valence-electron chi connectivity index (χ4n) is 1.09. The van der Waals surface area contributed by atoms with Gasteiger partial charge in [-0.2, -0.15) is 0 Å². The molecule has 1 atom stereocenters. The summed E-state index contributed by atoms with van der Waals surface area (Å²) in [6, 6.07) is 9.82. The Morgan fingerprint density at radius 1 is 1.17 bits per heavy atom. The summed E-state index contributed by atoms with van der Waals surface area (Å²) >= 11 is 0. The number of hydrogen-bond acceptors (Lipinski definition) is 2. The standard InChI is InChI=1S/C10H14O2/c1-8(10(11)12)7-9-5-3-2-4-6-9/h2-6,8,10-12H,7H2,1H3. The van der Waals surface area contributed by atoms with Crippen LogP contribution in [-0.2, 0) is 6.42 Å². The van der Waals surface area contributed by atoms with Crippen molar-refractivity contribution < 1.29 is 10.2 Å². The molecule has 2 N–H and O–H groups in total. The van der Waals surface area contributed by atoms with Crippen LogP contribution in [-0.4, -0.2) is 16.5 Å². The van der Waals surface area contributed by atoms with Gasteiger partial charge in [-0.25, -0.2) is 0 Å². The molecule has 0 heterocycles. The molecule has 1 unspecified atom stereocenters. The summed E-state index contributed by atoms with van der Waals surface area (Å²) in [6.45, 7) is 1.82. The molecule has 0 aliphatic rings. The zero-order valence-electron chi connectivity index (χ0n) is 7.14. The molecular formula is C10H14O2. The van der Waals surface area contributed by atoms with Crippen molar-refractivity contribution in [1.29, 1.82) is 0 Å². The van der Waals surface area contributed by atoms with Crippen molar-refractivity contribution in [2.45, 2.75) is 19.6 Å². The van der Waals surface area contributed by atoms with E-state index in [1.54, 1.807) is 0 Å². The van der Waals surface area contributed by atoms with Crippen molar-refractivity contribution in [2.75, 3.05) is 0 Å². The van der Waals surface area contributed by atoms with Gasteiger partial charge in [0.25, 0.3) is 0 Å². The highest BCUT2D eigenvalue weighted by Crippen LogP contribution is 2.09. The van der Waals surface area contributed by atoms with Gasteiger partial charge in [0.15, 0.2) is 6.29 Å². The Labute approximate surface area is 72.5 Å². The quantitative estimate of drug-likeness (QED) is 0.662. The second kappa shape index (κ2) is 4.24. The van der Waals surface area contributed by atoms with Crippen molar-refractivity contribution in [3.8, 4) is 0 Å². The van der Waals surface area contributed by atoms with E-state index in [4.69, 9.17) is 10.2 Å². The molecule has 1 rings (SSSR count). The van der Waals surface area contributed by atoms with E-state index >= 15 is 0 Å². The lowest BCUT2D eigenvalue weighted by atomic mass is 10.0. The van der Waals surface area contributed by atoms with E-state index in [2.05, 4.69) is 0 Å². The van der Waals surface area contributed by atoms with Gasteiger partial charge in [-0.05, 0) is 12.0 Å². The summed E-state index contributed by atoms with van der Waals surface area (Å²) in [6.07, 6.45) is -0.511. The maximum Gasteiger partial charge on any atom is 0.154 e. The largest absolute Gasteiger partial charge is 0.368 e. The first-order valence-corrected chi connectivity index (χ1v) is 4.10. The molecule has 2 nitrogen and oxygen atoms in total. The minimum atomic E-state index is -1.22. The van der Waals surface area contributed by atoms with E-state index in [1.165, 1.54) is 0 Å². The van der Waals surface area contributed by atoms with Gasteiger partial charge in [-0.15, -0.1) is 0 Å². The van der Waals surface area contributed by atoms with Gasteiger partial charge in [-0.3, -0.25) is 0 Å². The number of aliphatic hydroxyl groups excluding tert-OH is 1. The lowest BCUT2D eigenvalue weighted by molar-refractivity contribution is -0.0780. The number of hydrogen-bond donors (Lipinski definition) is 2. The Kier molecular flexibility index (Phi) is 3.26. The van der Waals surface area contributed by atoms with Gasteiger partial charge in [0, 0.05) is 5.92 Å². The molecule has 66 valence electrons. The van der Waals surface area contributed by atoms with Gasteiger partial charge < -0.3 is 10.2 Å². The molecule has 1 aromatic rings. The lowest BCUT2D eigenvalue weighted by Crippen LogP contribution is -2.18. The Bertz CT molecular complexity index is 219. The maximum atomic E-state index is 8.84. The van der Waals surface area contributed by atoms with Gasteiger partial charge in [0.1, 0.15) is 0 Å². The van der Waals surface area contributed by atoms with E-state index in [-0.39, 0.29) is 5.92 Å². The highest BCUT2D eigenvalue weighted by Gasteiger charge is 2.10. The van der Waals surface area contributed by atoms with Gasteiger partial charge in [-0.1, -0.05) is 37.3 Å². The second-order valence-electron chi connectivity index (χ2n) is 3.08. The van der Waals surface area contributed by atoms with E-state index < -0.39 is 6.29 Å². The Balaban J connectivity index is 2.53. The molecule has 0 amide bonds. The predicted octanol–water partition coefficient (Wildman–Crippen LogP) is 1.18. The van der Waals surface area contributed by atoms with Gasteiger partial charge in [0.05, 0.1) is 0 Å². The summed E-state index contributed by atoms with van der Waals surface area (Å²) in [7, 11) is 0. The third-order valence-corrected chi connectivity index (χ3v) is 1.91. The fourth-order valence-corrected chi connectivity index (χ4v) is 1.09. The van der Waals surface area contributed by atoms with E-state index in [9.17, 15) is 0 Å². The van der Waals surface area contributed by atoms with Crippen LogP contribution in [0, 0.1) is 5.92 Å². The first-order chi connectivity index (χ1) is 5.70. The number of aliphatic hydroxyl groups is 2. The van der Waals surface area contributed by atoms with Crippen molar-refractivity contribution in [2.24, 2.45) is 5.92 Å². The molecule has 1 aromatic carbocycles. The topological polar surface area (TPSA) is 40.5 Å². The summed E-state index contributed by atoms with van der Waals surface area (Å²) in [4.78, 5) is 0. The molecule has 0 radical (unpaired) electrons. The third kappa shape index (κ3) is 2.64. The third-order valence-electron chi connectivity index (χ3n) is 1.91. The first-order valence-electron chi connectivity index (χ1n) is 4.10.